The van der Waals surface area contributed by atoms with Crippen LogP contribution in [0.15, 0.2) is 160 Å². The zero-order valence-corrected chi connectivity index (χ0v) is 28.5. The summed E-state index contributed by atoms with van der Waals surface area (Å²) < 4.78 is 16.9. The molecule has 0 unspecified atom stereocenters. The van der Waals surface area contributed by atoms with Gasteiger partial charge in [-0.1, -0.05) is 103 Å². The molecule has 12 aromatic rings. The van der Waals surface area contributed by atoms with Crippen molar-refractivity contribution in [2.45, 2.75) is 0 Å². The van der Waals surface area contributed by atoms with Gasteiger partial charge < -0.3 is 8.83 Å². The van der Waals surface area contributed by atoms with Gasteiger partial charge in [-0.2, -0.15) is 5.26 Å². The van der Waals surface area contributed by atoms with E-state index in [1.807, 2.05) is 91.0 Å². The molecule has 0 saturated carbocycles. The fourth-order valence-electron chi connectivity index (χ4n) is 8.58. The Morgan fingerprint density at radius 3 is 1.35 bits per heavy atom. The number of rotatable bonds is 3. The van der Waals surface area contributed by atoms with Crippen LogP contribution in [0.3, 0.4) is 0 Å². The normalized spacial score (nSPS) is 12.1. The second-order valence-electron chi connectivity index (χ2n) is 13.6. The second-order valence-corrected chi connectivity index (χ2v) is 13.6. The van der Waals surface area contributed by atoms with E-state index in [0.29, 0.717) is 23.0 Å². The third-order valence-electron chi connectivity index (χ3n) is 10.8. The zero-order valence-electron chi connectivity index (χ0n) is 28.5. The Balaban J connectivity index is 1.26. The highest BCUT2D eigenvalue weighted by atomic mass is 16.3. The SMILES string of the molecule is N#Cc1c(-n2c3ccccc3c3c4c(ccc32)oc2ccccc24)nc(-c2ccccc2)nc1-n1c2ccccc2c2c3c(ccc21)oc1ccccc13. The molecule has 54 heavy (non-hydrogen) atoms. The van der Waals surface area contributed by atoms with Gasteiger partial charge in [-0.05, 0) is 48.5 Å². The standard InChI is InChI=1S/C47H25N5O2/c48-26-32-46(51-33-18-8-4-14-28(33)41-35(51)22-24-39-43(41)30-16-6-10-20-37(30)53-39)49-45(27-12-2-1-3-13-27)50-47(32)52-34-19-9-5-15-29(34)42-36(52)23-25-40-44(42)31-17-7-11-21-38(31)54-40/h1-25H. The van der Waals surface area contributed by atoms with E-state index in [1.54, 1.807) is 0 Å². The molecule has 12 rings (SSSR count). The number of fused-ring (bicyclic) bond motifs is 14. The predicted octanol–water partition coefficient (Wildman–Crippen LogP) is 12.0. The fraction of sp³-hybridized carbons (Fsp3) is 0. The first-order valence-corrected chi connectivity index (χ1v) is 17.8. The van der Waals surface area contributed by atoms with Crippen molar-refractivity contribution < 1.29 is 8.83 Å². The fourth-order valence-corrected chi connectivity index (χ4v) is 8.58. The van der Waals surface area contributed by atoms with Gasteiger partial charge in [-0.25, -0.2) is 9.97 Å². The summed E-state index contributed by atoms with van der Waals surface area (Å²) in [6, 6.07) is 53.7. The van der Waals surface area contributed by atoms with Crippen LogP contribution in [0.5, 0.6) is 0 Å². The van der Waals surface area contributed by atoms with E-state index in [0.717, 1.165) is 93.1 Å². The number of furan rings is 2. The second kappa shape index (κ2) is 10.7. The lowest BCUT2D eigenvalue weighted by Gasteiger charge is -2.16. The third-order valence-corrected chi connectivity index (χ3v) is 10.8. The molecule has 0 fully saturated rings. The van der Waals surface area contributed by atoms with E-state index >= 15 is 0 Å². The lowest BCUT2D eigenvalue weighted by Crippen LogP contribution is -2.10. The quantitative estimate of drug-likeness (QED) is 0.184. The lowest BCUT2D eigenvalue weighted by atomic mass is 10.1. The van der Waals surface area contributed by atoms with Crippen LogP contribution in [0.25, 0.3) is 111 Å². The minimum Gasteiger partial charge on any atom is -0.456 e. The Labute approximate surface area is 306 Å². The molecule has 0 aliphatic rings. The summed E-state index contributed by atoms with van der Waals surface area (Å²) >= 11 is 0. The molecule has 0 bridgehead atoms. The highest BCUT2D eigenvalue weighted by Gasteiger charge is 2.27. The largest absolute Gasteiger partial charge is 0.456 e. The predicted molar refractivity (Wildman–Crippen MR) is 215 cm³/mol. The molecule has 7 heteroatoms. The van der Waals surface area contributed by atoms with Crippen LogP contribution >= 0.6 is 0 Å². The van der Waals surface area contributed by atoms with Crippen molar-refractivity contribution in [3.8, 4) is 29.1 Å². The summed E-state index contributed by atoms with van der Waals surface area (Å²) in [5, 5.41) is 19.6. The highest BCUT2D eigenvalue weighted by Crippen LogP contribution is 2.44. The van der Waals surface area contributed by atoms with Gasteiger partial charge in [-0.3, -0.25) is 9.13 Å². The van der Waals surface area contributed by atoms with Gasteiger partial charge in [0.25, 0.3) is 0 Å². The first kappa shape index (κ1) is 28.9. The van der Waals surface area contributed by atoms with Crippen molar-refractivity contribution in [2.75, 3.05) is 0 Å². The van der Waals surface area contributed by atoms with Gasteiger partial charge in [0.2, 0.25) is 0 Å². The topological polar surface area (TPSA) is 85.7 Å². The molecule has 0 N–H and O–H groups in total. The number of benzene rings is 7. The van der Waals surface area contributed by atoms with E-state index in [4.69, 9.17) is 18.8 Å². The number of nitrogens with zero attached hydrogens (tertiary/aromatic N) is 5. The average molecular weight is 692 g/mol. The summed E-state index contributed by atoms with van der Waals surface area (Å²) in [4.78, 5) is 10.6. The maximum atomic E-state index is 11.3. The van der Waals surface area contributed by atoms with Gasteiger partial charge in [0.05, 0.1) is 22.1 Å². The summed E-state index contributed by atoms with van der Waals surface area (Å²) in [5.41, 5.74) is 8.18. The van der Waals surface area contributed by atoms with Crippen LogP contribution in [0.1, 0.15) is 5.56 Å². The molecule has 0 aliphatic heterocycles. The maximum Gasteiger partial charge on any atom is 0.164 e. The van der Waals surface area contributed by atoms with Crippen LogP contribution < -0.4 is 0 Å². The van der Waals surface area contributed by atoms with E-state index in [2.05, 4.69) is 75.9 Å². The molecule has 7 aromatic carbocycles. The molecule has 0 spiro atoms. The van der Waals surface area contributed by atoms with Crippen LogP contribution in [0.4, 0.5) is 0 Å². The molecular formula is C47H25N5O2. The molecular weight excluding hydrogens is 667 g/mol. The van der Waals surface area contributed by atoms with Crippen molar-refractivity contribution in [1.82, 2.24) is 19.1 Å². The Morgan fingerprint density at radius 2 is 0.852 bits per heavy atom. The number of aromatic nitrogens is 4. The van der Waals surface area contributed by atoms with E-state index in [-0.39, 0.29) is 0 Å². The van der Waals surface area contributed by atoms with E-state index < -0.39 is 0 Å². The summed E-state index contributed by atoms with van der Waals surface area (Å²) in [6.45, 7) is 0. The molecule has 0 atom stereocenters. The molecule has 7 nitrogen and oxygen atoms in total. The van der Waals surface area contributed by atoms with Crippen LogP contribution in [0.2, 0.25) is 0 Å². The zero-order chi connectivity index (χ0) is 35.5. The molecule has 5 aromatic heterocycles. The van der Waals surface area contributed by atoms with Crippen molar-refractivity contribution in [3.63, 3.8) is 0 Å². The number of nitriles is 1. The average Bonchev–Trinajstić information content (AvgIpc) is 3.98. The van der Waals surface area contributed by atoms with Crippen molar-refractivity contribution in [3.05, 3.63) is 157 Å². The van der Waals surface area contributed by atoms with Crippen molar-refractivity contribution in [1.29, 1.82) is 5.26 Å². The monoisotopic (exact) mass is 691 g/mol. The Morgan fingerprint density at radius 1 is 0.407 bits per heavy atom. The van der Waals surface area contributed by atoms with Crippen LogP contribution in [-0.4, -0.2) is 19.1 Å². The lowest BCUT2D eigenvalue weighted by molar-refractivity contribution is 0.669. The Kier molecular flexibility index (Phi) is 5.72. The summed E-state index contributed by atoms with van der Waals surface area (Å²) in [5.74, 6) is 1.52. The van der Waals surface area contributed by atoms with Gasteiger partial charge in [-0.15, -0.1) is 0 Å². The molecule has 0 radical (unpaired) electrons. The van der Waals surface area contributed by atoms with Gasteiger partial charge in [0.15, 0.2) is 17.5 Å². The van der Waals surface area contributed by atoms with Crippen molar-refractivity contribution >= 4 is 87.5 Å². The number of hydrogen-bond donors (Lipinski definition) is 0. The minimum absolute atomic E-state index is 0.356. The number of para-hydroxylation sites is 4. The van der Waals surface area contributed by atoms with Gasteiger partial charge in [0.1, 0.15) is 34.0 Å². The third kappa shape index (κ3) is 3.78. The van der Waals surface area contributed by atoms with Gasteiger partial charge >= 0.3 is 0 Å². The highest BCUT2D eigenvalue weighted by molar-refractivity contribution is 6.28. The molecule has 0 amide bonds. The molecule has 0 aliphatic carbocycles. The Bertz CT molecular complexity index is 3370. The van der Waals surface area contributed by atoms with E-state index in [1.165, 1.54) is 0 Å². The summed E-state index contributed by atoms with van der Waals surface area (Å²) in [6.07, 6.45) is 0. The minimum atomic E-state index is 0.356. The Hall–Kier alpha value is -7.69. The summed E-state index contributed by atoms with van der Waals surface area (Å²) in [7, 11) is 0. The maximum absolute atomic E-state index is 11.3. The van der Waals surface area contributed by atoms with Crippen LogP contribution in [0, 0.1) is 11.3 Å². The van der Waals surface area contributed by atoms with E-state index in [9.17, 15) is 5.26 Å². The first-order chi connectivity index (χ1) is 26.8. The number of hydrogen-bond acceptors (Lipinski definition) is 5. The molecule has 250 valence electrons. The van der Waals surface area contributed by atoms with Crippen LogP contribution in [-0.2, 0) is 0 Å². The van der Waals surface area contributed by atoms with Crippen molar-refractivity contribution in [2.24, 2.45) is 0 Å². The smallest absolute Gasteiger partial charge is 0.164 e. The molecule has 5 heterocycles. The van der Waals surface area contributed by atoms with Gasteiger partial charge in [0, 0.05) is 48.7 Å². The molecule has 0 saturated heterocycles. The first-order valence-electron chi connectivity index (χ1n) is 17.8.